The summed E-state index contributed by atoms with van der Waals surface area (Å²) in [6.45, 7) is 0. The van der Waals surface area contributed by atoms with Crippen molar-refractivity contribution in [3.63, 3.8) is 0 Å². The van der Waals surface area contributed by atoms with Crippen LogP contribution in [0.4, 0.5) is 5.13 Å². The van der Waals surface area contributed by atoms with Gasteiger partial charge in [-0.15, -0.1) is 11.3 Å². The Morgan fingerprint density at radius 1 is 0.912 bits per heavy atom. The maximum atomic E-state index is 12.8. The molecular formula is C26H21Cl2N3O2S. The van der Waals surface area contributed by atoms with Gasteiger partial charge in [0.2, 0.25) is 5.91 Å². The third-order valence-electron chi connectivity index (χ3n) is 5.11. The fourth-order valence-electron chi connectivity index (χ4n) is 3.43. The molecule has 34 heavy (non-hydrogen) atoms. The highest BCUT2D eigenvalue weighted by atomic mass is 35.5. The van der Waals surface area contributed by atoms with Gasteiger partial charge in [0, 0.05) is 22.5 Å². The zero-order valence-electron chi connectivity index (χ0n) is 18.0. The lowest BCUT2D eigenvalue weighted by atomic mass is 10.0. The predicted molar refractivity (Wildman–Crippen MR) is 138 cm³/mol. The topological polar surface area (TPSA) is 71.1 Å². The largest absolute Gasteiger partial charge is 0.345 e. The molecule has 5 nitrogen and oxygen atoms in total. The number of nitrogens with one attached hydrogen (secondary N) is 2. The highest BCUT2D eigenvalue weighted by Crippen LogP contribution is 2.24. The smallest absolute Gasteiger partial charge is 0.253 e. The zero-order valence-corrected chi connectivity index (χ0v) is 20.3. The van der Waals surface area contributed by atoms with E-state index in [1.165, 1.54) is 11.3 Å². The molecule has 4 rings (SSSR count). The molecule has 3 aromatic carbocycles. The number of aromatic nitrogens is 1. The van der Waals surface area contributed by atoms with Crippen LogP contribution in [0, 0.1) is 0 Å². The van der Waals surface area contributed by atoms with Crippen molar-refractivity contribution in [3.05, 3.63) is 117 Å². The second kappa shape index (κ2) is 11.3. The van der Waals surface area contributed by atoms with Gasteiger partial charge in [-0.25, -0.2) is 4.98 Å². The van der Waals surface area contributed by atoms with E-state index in [0.717, 1.165) is 16.0 Å². The quantitative estimate of drug-likeness (QED) is 0.283. The van der Waals surface area contributed by atoms with Crippen LogP contribution in [0.25, 0.3) is 0 Å². The average Bonchev–Trinajstić information content (AvgIpc) is 3.27. The molecule has 8 heteroatoms. The van der Waals surface area contributed by atoms with E-state index >= 15 is 0 Å². The van der Waals surface area contributed by atoms with Crippen LogP contribution >= 0.6 is 34.5 Å². The minimum Gasteiger partial charge on any atom is -0.345 e. The van der Waals surface area contributed by atoms with Crippen molar-refractivity contribution in [2.75, 3.05) is 5.32 Å². The number of hydrogen-bond acceptors (Lipinski definition) is 4. The summed E-state index contributed by atoms with van der Waals surface area (Å²) in [6, 6.07) is 23.3. The lowest BCUT2D eigenvalue weighted by Crippen LogP contribution is -2.31. The van der Waals surface area contributed by atoms with Crippen LogP contribution in [-0.4, -0.2) is 16.8 Å². The number of rotatable bonds is 8. The first-order chi connectivity index (χ1) is 16.5. The van der Waals surface area contributed by atoms with E-state index in [1.807, 2.05) is 54.6 Å². The van der Waals surface area contributed by atoms with Crippen molar-refractivity contribution < 1.29 is 9.59 Å². The minimum absolute atomic E-state index is 0.0479. The lowest BCUT2D eigenvalue weighted by molar-refractivity contribution is -0.116. The van der Waals surface area contributed by atoms with Gasteiger partial charge in [-0.05, 0) is 35.4 Å². The molecule has 2 N–H and O–H groups in total. The van der Waals surface area contributed by atoms with Crippen molar-refractivity contribution >= 4 is 51.5 Å². The second-order valence-corrected chi connectivity index (χ2v) is 9.56. The molecule has 0 radical (unpaired) electrons. The molecule has 0 fully saturated rings. The Bertz CT molecular complexity index is 1280. The van der Waals surface area contributed by atoms with Gasteiger partial charge in [-0.2, -0.15) is 0 Å². The van der Waals surface area contributed by atoms with Crippen LogP contribution in [0.3, 0.4) is 0 Å². The summed E-state index contributed by atoms with van der Waals surface area (Å²) in [4.78, 5) is 31.0. The molecule has 172 valence electrons. The number of amides is 2. The van der Waals surface area contributed by atoms with Crippen molar-refractivity contribution in [1.29, 1.82) is 0 Å². The van der Waals surface area contributed by atoms with Gasteiger partial charge in [-0.3, -0.25) is 9.59 Å². The van der Waals surface area contributed by atoms with Crippen LogP contribution in [-0.2, 0) is 11.2 Å². The Labute approximate surface area is 211 Å². The summed E-state index contributed by atoms with van der Waals surface area (Å²) < 4.78 is 0. The number of carbonyl (C=O) groups is 2. The Morgan fingerprint density at radius 2 is 1.62 bits per heavy atom. The molecule has 0 aliphatic carbocycles. The van der Waals surface area contributed by atoms with Gasteiger partial charge in [0.15, 0.2) is 5.13 Å². The van der Waals surface area contributed by atoms with Crippen molar-refractivity contribution in [3.8, 4) is 0 Å². The maximum Gasteiger partial charge on any atom is 0.253 e. The van der Waals surface area contributed by atoms with E-state index in [4.69, 9.17) is 23.2 Å². The summed E-state index contributed by atoms with van der Waals surface area (Å²) in [5.41, 5.74) is 2.29. The normalized spacial score (nSPS) is 11.6. The zero-order chi connectivity index (χ0) is 23.9. The number of nitrogens with zero attached hydrogens (tertiary/aromatic N) is 1. The van der Waals surface area contributed by atoms with Crippen LogP contribution in [0.5, 0.6) is 0 Å². The van der Waals surface area contributed by atoms with Gasteiger partial charge in [0.25, 0.3) is 5.91 Å². The molecule has 1 atom stereocenters. The number of halogens is 2. The molecular weight excluding hydrogens is 489 g/mol. The molecule has 1 unspecified atom stereocenters. The van der Waals surface area contributed by atoms with E-state index in [0.29, 0.717) is 27.2 Å². The van der Waals surface area contributed by atoms with Crippen molar-refractivity contribution in [2.24, 2.45) is 0 Å². The SMILES string of the molecule is O=C(CC(NC(=O)c1ccccc1Cl)c1ccccc1)Nc1ncc(Cc2ccc(Cl)cc2)s1. The van der Waals surface area contributed by atoms with Crippen LogP contribution in [0.1, 0.15) is 38.8 Å². The van der Waals surface area contributed by atoms with Crippen LogP contribution in [0.15, 0.2) is 85.1 Å². The molecule has 1 heterocycles. The van der Waals surface area contributed by atoms with E-state index in [1.54, 1.807) is 30.5 Å². The minimum atomic E-state index is -0.529. The number of hydrogen-bond donors (Lipinski definition) is 2. The highest BCUT2D eigenvalue weighted by Gasteiger charge is 2.21. The first kappa shape index (κ1) is 24.0. The summed E-state index contributed by atoms with van der Waals surface area (Å²) >= 11 is 13.5. The Kier molecular flexibility index (Phi) is 7.95. The summed E-state index contributed by atoms with van der Waals surface area (Å²) in [5.74, 6) is -0.590. The van der Waals surface area contributed by atoms with Gasteiger partial charge in [0.05, 0.1) is 23.0 Å². The predicted octanol–water partition coefficient (Wildman–Crippen LogP) is 6.54. The standard InChI is InChI=1S/C26H21Cl2N3O2S/c27-19-12-10-17(11-13-19)14-20-16-29-26(34-20)31-24(32)15-23(18-6-2-1-3-7-18)30-25(33)21-8-4-5-9-22(21)28/h1-13,16,23H,14-15H2,(H,30,33)(H,29,31,32). The third kappa shape index (κ3) is 6.44. The maximum absolute atomic E-state index is 12.8. The Morgan fingerprint density at radius 3 is 2.35 bits per heavy atom. The summed E-state index contributed by atoms with van der Waals surface area (Å²) in [6.07, 6.45) is 2.50. The van der Waals surface area contributed by atoms with Crippen molar-refractivity contribution in [1.82, 2.24) is 10.3 Å². The lowest BCUT2D eigenvalue weighted by Gasteiger charge is -2.19. The number of benzene rings is 3. The number of thiazole rings is 1. The van der Waals surface area contributed by atoms with Gasteiger partial charge in [-0.1, -0.05) is 77.8 Å². The Hall–Kier alpha value is -3.19. The molecule has 0 saturated heterocycles. The van der Waals surface area contributed by atoms with Crippen LogP contribution in [0.2, 0.25) is 10.0 Å². The second-order valence-electron chi connectivity index (χ2n) is 7.60. The first-order valence-corrected chi connectivity index (χ1v) is 12.1. The number of anilines is 1. The monoisotopic (exact) mass is 509 g/mol. The molecule has 0 bridgehead atoms. The molecule has 4 aromatic rings. The van der Waals surface area contributed by atoms with Gasteiger partial charge < -0.3 is 10.6 Å². The van der Waals surface area contributed by atoms with E-state index in [2.05, 4.69) is 15.6 Å². The average molecular weight is 510 g/mol. The van der Waals surface area contributed by atoms with E-state index in [9.17, 15) is 9.59 Å². The summed E-state index contributed by atoms with van der Waals surface area (Å²) in [7, 11) is 0. The third-order valence-corrected chi connectivity index (χ3v) is 6.60. The molecule has 0 aliphatic heterocycles. The highest BCUT2D eigenvalue weighted by molar-refractivity contribution is 7.15. The molecule has 0 saturated carbocycles. The summed E-state index contributed by atoms with van der Waals surface area (Å²) in [5, 5.41) is 7.35. The fourth-order valence-corrected chi connectivity index (χ4v) is 4.64. The first-order valence-electron chi connectivity index (χ1n) is 10.6. The Balaban J connectivity index is 1.43. The fraction of sp³-hybridized carbons (Fsp3) is 0.115. The van der Waals surface area contributed by atoms with Crippen molar-refractivity contribution in [2.45, 2.75) is 18.9 Å². The van der Waals surface area contributed by atoms with Crippen LogP contribution < -0.4 is 10.6 Å². The number of carbonyl (C=O) groups excluding carboxylic acids is 2. The molecule has 0 spiro atoms. The van der Waals surface area contributed by atoms with Gasteiger partial charge >= 0.3 is 0 Å². The van der Waals surface area contributed by atoms with Gasteiger partial charge in [0.1, 0.15) is 0 Å². The molecule has 0 aliphatic rings. The van der Waals surface area contributed by atoms with E-state index < -0.39 is 6.04 Å². The molecule has 2 amide bonds. The molecule has 1 aromatic heterocycles. The van der Waals surface area contributed by atoms with E-state index in [-0.39, 0.29) is 18.2 Å².